The van der Waals surface area contributed by atoms with Crippen molar-refractivity contribution in [2.45, 2.75) is 38.5 Å². The fourth-order valence-electron chi connectivity index (χ4n) is 12.6. The fraction of sp³-hybridized carbons (Fsp3) is 0.0882. The second kappa shape index (κ2) is 14.8. The van der Waals surface area contributed by atoms with Crippen LogP contribution in [0.4, 0.5) is 34.1 Å². The number of furan rings is 2. The van der Waals surface area contributed by atoms with Crippen LogP contribution in [0.1, 0.15) is 49.9 Å². The third kappa shape index (κ3) is 5.81. The topological polar surface area (TPSA) is 32.8 Å². The fourth-order valence-corrected chi connectivity index (χ4v) is 12.6. The molecular weight excluding hydrogens is 877 g/mol. The highest BCUT2D eigenvalue weighted by molar-refractivity contribution is 6.18. The van der Waals surface area contributed by atoms with E-state index in [1.807, 2.05) is 0 Å². The normalized spacial score (nSPS) is 14.6. The Morgan fingerprint density at radius 1 is 0.306 bits per heavy atom. The van der Waals surface area contributed by atoms with E-state index in [-0.39, 0.29) is 0 Å². The molecule has 0 spiro atoms. The Bertz CT molecular complexity index is 4120. The Morgan fingerprint density at radius 3 is 1.10 bits per heavy atom. The molecule has 0 atom stereocenters. The Morgan fingerprint density at radius 2 is 0.681 bits per heavy atom. The summed E-state index contributed by atoms with van der Waals surface area (Å²) < 4.78 is 14.6. The van der Waals surface area contributed by atoms with Crippen LogP contribution in [0.2, 0.25) is 0 Å². The molecule has 2 aliphatic heterocycles. The Balaban J connectivity index is 0.936. The van der Waals surface area contributed by atoms with Gasteiger partial charge >= 0.3 is 0 Å². The molecule has 0 amide bonds. The van der Waals surface area contributed by atoms with Gasteiger partial charge in [-0.1, -0.05) is 161 Å². The van der Waals surface area contributed by atoms with Gasteiger partial charge in [0.05, 0.1) is 22.7 Å². The zero-order valence-corrected chi connectivity index (χ0v) is 40.5. The molecule has 4 nitrogen and oxygen atoms in total. The maximum absolute atomic E-state index is 7.28. The molecule has 0 radical (unpaired) electrons. The van der Waals surface area contributed by atoms with E-state index in [9.17, 15) is 0 Å². The average molecular weight is 925 g/mol. The highest BCUT2D eigenvalue weighted by atomic mass is 16.3. The second-order valence-electron chi connectivity index (χ2n) is 20.9. The molecule has 0 fully saturated rings. The molecule has 72 heavy (non-hydrogen) atoms. The lowest BCUT2D eigenvalue weighted by atomic mass is 9.72. The molecule has 0 unspecified atom stereocenters. The highest BCUT2D eigenvalue weighted by Gasteiger charge is 2.42. The molecule has 0 saturated heterocycles. The van der Waals surface area contributed by atoms with Crippen molar-refractivity contribution in [3.63, 3.8) is 0 Å². The van der Waals surface area contributed by atoms with Crippen LogP contribution in [0.15, 0.2) is 227 Å². The summed E-state index contributed by atoms with van der Waals surface area (Å²) >= 11 is 0. The number of benzene rings is 11. The lowest BCUT2D eigenvalue weighted by Crippen LogP contribution is -2.30. The van der Waals surface area contributed by atoms with Crippen LogP contribution in [0.3, 0.4) is 0 Å². The maximum Gasteiger partial charge on any atom is 0.141 e. The number of fused-ring (bicyclic) bond motifs is 14. The molecule has 0 N–H and O–H groups in total. The zero-order chi connectivity index (χ0) is 48.0. The van der Waals surface area contributed by atoms with Gasteiger partial charge in [-0.25, -0.2) is 0 Å². The predicted octanol–water partition coefficient (Wildman–Crippen LogP) is 19.3. The second-order valence-corrected chi connectivity index (χ2v) is 20.9. The van der Waals surface area contributed by atoms with E-state index in [1.165, 1.54) is 77.4 Å². The minimum atomic E-state index is -0.403. The van der Waals surface area contributed by atoms with Gasteiger partial charge in [-0.2, -0.15) is 0 Å². The monoisotopic (exact) mass is 924 g/mol. The molecule has 11 aromatic carbocycles. The summed E-state index contributed by atoms with van der Waals surface area (Å²) in [6.07, 6.45) is 0. The molecule has 4 heteroatoms. The Kier molecular flexibility index (Phi) is 8.44. The van der Waals surface area contributed by atoms with Gasteiger partial charge in [0.2, 0.25) is 0 Å². The van der Waals surface area contributed by atoms with Crippen LogP contribution in [-0.2, 0) is 10.8 Å². The van der Waals surface area contributed by atoms with Gasteiger partial charge in [-0.3, -0.25) is 0 Å². The van der Waals surface area contributed by atoms with E-state index < -0.39 is 10.8 Å². The summed E-state index contributed by atoms with van der Waals surface area (Å²) in [6.45, 7) is 9.43. The minimum Gasteiger partial charge on any atom is -0.456 e. The molecule has 0 bridgehead atoms. The molecule has 0 saturated carbocycles. The minimum absolute atomic E-state index is 0.403. The molecule has 342 valence electrons. The first-order valence-corrected chi connectivity index (χ1v) is 25.1. The molecule has 15 rings (SSSR count). The van der Waals surface area contributed by atoms with E-state index in [0.717, 1.165) is 66.6 Å². The van der Waals surface area contributed by atoms with Gasteiger partial charge in [0.1, 0.15) is 22.3 Å². The van der Waals surface area contributed by atoms with Crippen LogP contribution in [-0.4, -0.2) is 0 Å². The van der Waals surface area contributed by atoms with Crippen molar-refractivity contribution in [2.75, 3.05) is 9.80 Å². The molecule has 2 aromatic heterocycles. The number of anilines is 6. The van der Waals surface area contributed by atoms with E-state index in [4.69, 9.17) is 8.83 Å². The van der Waals surface area contributed by atoms with Gasteiger partial charge in [-0.15, -0.1) is 0 Å². The van der Waals surface area contributed by atoms with Crippen molar-refractivity contribution >= 4 is 99.5 Å². The first-order chi connectivity index (χ1) is 35.2. The van der Waals surface area contributed by atoms with Crippen molar-refractivity contribution in [1.82, 2.24) is 0 Å². The molecule has 13 aromatic rings. The average Bonchev–Trinajstić information content (AvgIpc) is 3.97. The number of nitrogens with zero attached hydrogens (tertiary/aromatic N) is 2. The third-order valence-corrected chi connectivity index (χ3v) is 16.1. The van der Waals surface area contributed by atoms with Crippen LogP contribution < -0.4 is 9.80 Å². The first-order valence-electron chi connectivity index (χ1n) is 25.1. The van der Waals surface area contributed by atoms with E-state index >= 15 is 0 Å². The van der Waals surface area contributed by atoms with E-state index in [2.05, 4.69) is 256 Å². The lowest BCUT2D eigenvalue weighted by Gasteiger charge is -2.42. The maximum atomic E-state index is 7.28. The zero-order valence-electron chi connectivity index (χ0n) is 40.5. The van der Waals surface area contributed by atoms with Gasteiger partial charge in [0.25, 0.3) is 0 Å². The van der Waals surface area contributed by atoms with Crippen molar-refractivity contribution in [2.24, 2.45) is 0 Å². The Labute approximate surface area is 417 Å². The molecule has 4 heterocycles. The van der Waals surface area contributed by atoms with Gasteiger partial charge in [0.15, 0.2) is 0 Å². The summed E-state index contributed by atoms with van der Waals surface area (Å²) in [5.74, 6) is 0. The van der Waals surface area contributed by atoms with Gasteiger partial charge in [0, 0.05) is 54.9 Å². The first kappa shape index (κ1) is 41.0. The number of rotatable bonds is 4. The van der Waals surface area contributed by atoms with Gasteiger partial charge in [-0.05, 0) is 140 Å². The quantitative estimate of drug-likeness (QED) is 0.176. The van der Waals surface area contributed by atoms with E-state index in [1.54, 1.807) is 0 Å². The Hall–Kier alpha value is -8.86. The summed E-state index contributed by atoms with van der Waals surface area (Å²) in [6, 6.07) is 79.7. The van der Waals surface area contributed by atoms with Crippen molar-refractivity contribution in [3.05, 3.63) is 241 Å². The molecule has 0 aliphatic carbocycles. The van der Waals surface area contributed by atoms with Crippen LogP contribution in [0.25, 0.3) is 87.7 Å². The number of hydrogen-bond acceptors (Lipinski definition) is 4. The van der Waals surface area contributed by atoms with E-state index in [0.29, 0.717) is 0 Å². The SMILES string of the molecule is CC1(C)c2cc3ccccc3cc2N(c2cccc(-c3ccccc3)c2)c2ccc3c(oc4cc5c(cc43)oc3c4c(ccc35)N(c3cccc(-c5ccccc5)c3)c3cc5ccccc5cc3C4(C)C)c21. The predicted molar refractivity (Wildman–Crippen MR) is 301 cm³/mol. The molecular formula is C68H48N2O2. The standard InChI is InChI=1S/C68H48N2O2/c1-67(2)55-35-45-21-11-13-23-47(45)37-59(55)69(49-27-15-25-43(33-49)41-17-7-5-8-18-41)57-31-29-51-53-39-62-54(40-61(53)71-65(51)63(57)67)52-30-32-58-64(66(52)72-62)68(3,4)56-36-46-22-12-14-24-48(46)38-60(56)70(58)50-28-16-26-44(34-50)42-19-9-6-10-20-42/h5-40H,1-4H3. The molecule has 2 aliphatic rings. The van der Waals surface area contributed by atoms with Crippen molar-refractivity contribution in [3.8, 4) is 22.3 Å². The van der Waals surface area contributed by atoms with Gasteiger partial charge < -0.3 is 18.6 Å². The van der Waals surface area contributed by atoms with Crippen LogP contribution in [0.5, 0.6) is 0 Å². The largest absolute Gasteiger partial charge is 0.456 e. The third-order valence-electron chi connectivity index (χ3n) is 16.1. The summed E-state index contributed by atoms with van der Waals surface area (Å²) in [7, 11) is 0. The smallest absolute Gasteiger partial charge is 0.141 e. The van der Waals surface area contributed by atoms with Crippen LogP contribution >= 0.6 is 0 Å². The summed E-state index contributed by atoms with van der Waals surface area (Å²) in [4.78, 5) is 4.90. The summed E-state index contributed by atoms with van der Waals surface area (Å²) in [5, 5.41) is 9.12. The van der Waals surface area contributed by atoms with Crippen molar-refractivity contribution < 1.29 is 8.83 Å². The summed E-state index contributed by atoms with van der Waals surface area (Å²) in [5.41, 5.74) is 19.1. The van der Waals surface area contributed by atoms with Crippen molar-refractivity contribution in [1.29, 1.82) is 0 Å². The highest BCUT2D eigenvalue weighted by Crippen LogP contribution is 2.58. The van der Waals surface area contributed by atoms with Crippen LogP contribution in [0, 0.1) is 0 Å². The lowest BCUT2D eigenvalue weighted by molar-refractivity contribution is 0.601. The number of hydrogen-bond donors (Lipinski definition) is 0.